The average molecular weight is 349 g/mol. The Labute approximate surface area is 142 Å². The highest BCUT2D eigenvalue weighted by Gasteiger charge is 2.20. The molecule has 1 aliphatic rings. The van der Waals surface area contributed by atoms with Crippen molar-refractivity contribution in [3.63, 3.8) is 0 Å². The number of rotatable bonds is 3. The van der Waals surface area contributed by atoms with Crippen LogP contribution in [0.2, 0.25) is 0 Å². The van der Waals surface area contributed by atoms with Crippen LogP contribution in [0.3, 0.4) is 0 Å². The van der Waals surface area contributed by atoms with E-state index in [1.807, 2.05) is 25.5 Å². The number of fused-ring (bicyclic) bond motifs is 1. The van der Waals surface area contributed by atoms with Gasteiger partial charge in [0.05, 0.1) is 12.4 Å². The maximum Gasteiger partial charge on any atom is 0.320 e. The molecule has 3 heterocycles. The third-order valence-corrected chi connectivity index (χ3v) is 3.28. The van der Waals surface area contributed by atoms with Gasteiger partial charge in [-0.15, -0.1) is 24.8 Å². The van der Waals surface area contributed by atoms with Crippen LogP contribution in [0.4, 0.5) is 5.82 Å². The van der Waals surface area contributed by atoms with E-state index in [9.17, 15) is 0 Å². The van der Waals surface area contributed by atoms with Gasteiger partial charge < -0.3 is 19.5 Å². The molecule has 0 atom stereocenters. The summed E-state index contributed by atoms with van der Waals surface area (Å²) in [5.74, 6) is 0.868. The molecule has 2 aromatic rings. The quantitative estimate of drug-likeness (QED) is 0.904. The Morgan fingerprint density at radius 2 is 1.86 bits per heavy atom. The van der Waals surface area contributed by atoms with Gasteiger partial charge in [0.2, 0.25) is 0 Å². The number of nitrogens with one attached hydrogen (secondary N) is 1. The fourth-order valence-electron chi connectivity index (χ4n) is 2.33. The molecule has 1 N–H and O–H groups in total. The third-order valence-electron chi connectivity index (χ3n) is 3.28. The van der Waals surface area contributed by atoms with Crippen LogP contribution in [0.1, 0.15) is 13.8 Å². The van der Waals surface area contributed by atoms with Gasteiger partial charge in [0.1, 0.15) is 0 Å². The lowest BCUT2D eigenvalue weighted by Gasteiger charge is -2.28. The number of hydrogen-bond acceptors (Lipinski definition) is 6. The van der Waals surface area contributed by atoms with Crippen molar-refractivity contribution in [3.05, 3.63) is 6.33 Å². The molecular weight excluding hydrogens is 327 g/mol. The highest BCUT2D eigenvalue weighted by atomic mass is 35.5. The average Bonchev–Trinajstić information content (AvgIpc) is 2.80. The molecule has 0 aliphatic carbocycles. The molecule has 1 fully saturated rings. The smallest absolute Gasteiger partial charge is 0.320 e. The fraction of sp³-hybridized carbons (Fsp3) is 0.615. The lowest BCUT2D eigenvalue weighted by molar-refractivity contribution is 0.223. The minimum Gasteiger partial charge on any atom is -0.461 e. The molecule has 124 valence electrons. The number of imidazole rings is 1. The summed E-state index contributed by atoms with van der Waals surface area (Å²) in [6, 6.07) is 0.421. The number of ether oxygens (including phenoxy) is 1. The number of anilines is 1. The molecular formula is C13H22Cl2N6O. The fourth-order valence-corrected chi connectivity index (χ4v) is 2.33. The van der Waals surface area contributed by atoms with Crippen LogP contribution in [0.25, 0.3) is 11.2 Å². The summed E-state index contributed by atoms with van der Waals surface area (Å²) >= 11 is 0. The molecule has 0 saturated carbocycles. The van der Waals surface area contributed by atoms with Gasteiger partial charge in [0, 0.05) is 33.2 Å². The van der Waals surface area contributed by atoms with Crippen molar-refractivity contribution >= 4 is 41.8 Å². The normalized spacial score (nSPS) is 14.6. The summed E-state index contributed by atoms with van der Waals surface area (Å²) in [7, 11) is 1.93. The molecule has 0 spiro atoms. The van der Waals surface area contributed by atoms with E-state index >= 15 is 0 Å². The molecule has 0 bridgehead atoms. The minimum absolute atomic E-state index is 0. The second-order valence-corrected chi connectivity index (χ2v) is 5.26. The lowest BCUT2D eigenvalue weighted by atomic mass is 10.3. The first-order chi connectivity index (χ1) is 9.65. The summed E-state index contributed by atoms with van der Waals surface area (Å²) in [6.07, 6.45) is 1.82. The van der Waals surface area contributed by atoms with Crippen molar-refractivity contribution in [3.8, 4) is 6.01 Å². The number of nitrogens with zero attached hydrogens (tertiary/aromatic N) is 5. The van der Waals surface area contributed by atoms with Crippen molar-refractivity contribution in [1.82, 2.24) is 24.8 Å². The zero-order valence-corrected chi connectivity index (χ0v) is 14.6. The van der Waals surface area contributed by atoms with E-state index in [1.165, 1.54) is 0 Å². The van der Waals surface area contributed by atoms with Crippen LogP contribution in [-0.2, 0) is 7.05 Å². The number of aromatic nitrogens is 4. The van der Waals surface area contributed by atoms with E-state index in [0.717, 1.165) is 43.2 Å². The van der Waals surface area contributed by atoms with Crippen molar-refractivity contribution in [2.24, 2.45) is 7.05 Å². The summed E-state index contributed by atoms with van der Waals surface area (Å²) in [6.45, 7) is 7.70. The van der Waals surface area contributed by atoms with Crippen LogP contribution in [-0.4, -0.2) is 51.8 Å². The van der Waals surface area contributed by atoms with Crippen molar-refractivity contribution in [2.45, 2.75) is 20.0 Å². The van der Waals surface area contributed by atoms with Crippen LogP contribution < -0.4 is 15.0 Å². The molecule has 1 aliphatic heterocycles. The van der Waals surface area contributed by atoms with Gasteiger partial charge in [-0.3, -0.25) is 0 Å². The molecule has 0 amide bonds. The van der Waals surface area contributed by atoms with E-state index in [1.54, 1.807) is 6.33 Å². The molecule has 9 heteroatoms. The van der Waals surface area contributed by atoms with Crippen molar-refractivity contribution in [1.29, 1.82) is 0 Å². The molecule has 0 aromatic carbocycles. The standard InChI is InChI=1S/C13H20N6O.2ClH/c1-9(2)20-13-16-11-10(15-8-18(11)3)12(17-13)19-6-4-14-5-7-19;;/h8-9,14H,4-7H2,1-3H3;2*1H. The van der Waals surface area contributed by atoms with E-state index in [0.29, 0.717) is 6.01 Å². The Kier molecular flexibility index (Phi) is 6.65. The Bertz CT molecular complexity index is 612. The van der Waals surface area contributed by atoms with Gasteiger partial charge in [-0.25, -0.2) is 4.98 Å². The Balaban J connectivity index is 0.00000121. The first-order valence-electron chi connectivity index (χ1n) is 6.96. The predicted molar refractivity (Wildman–Crippen MR) is 91.6 cm³/mol. The number of halogens is 2. The van der Waals surface area contributed by atoms with Crippen LogP contribution in [0.15, 0.2) is 6.33 Å². The van der Waals surface area contributed by atoms with E-state index < -0.39 is 0 Å². The first-order valence-corrected chi connectivity index (χ1v) is 6.96. The van der Waals surface area contributed by atoms with Gasteiger partial charge in [-0.05, 0) is 13.8 Å². The van der Waals surface area contributed by atoms with Gasteiger partial charge in [-0.1, -0.05) is 0 Å². The monoisotopic (exact) mass is 348 g/mol. The van der Waals surface area contributed by atoms with E-state index in [2.05, 4.69) is 25.2 Å². The third kappa shape index (κ3) is 3.71. The highest BCUT2D eigenvalue weighted by molar-refractivity contribution is 5.85. The maximum atomic E-state index is 5.67. The number of hydrogen-bond donors (Lipinski definition) is 1. The predicted octanol–water partition coefficient (Wildman–Crippen LogP) is 1.40. The first kappa shape index (κ1) is 18.7. The summed E-state index contributed by atoms with van der Waals surface area (Å²) < 4.78 is 7.57. The number of aryl methyl sites for hydroxylation is 1. The van der Waals surface area contributed by atoms with Crippen LogP contribution in [0.5, 0.6) is 6.01 Å². The van der Waals surface area contributed by atoms with Gasteiger partial charge >= 0.3 is 6.01 Å². The largest absolute Gasteiger partial charge is 0.461 e. The molecule has 0 radical (unpaired) electrons. The van der Waals surface area contributed by atoms with Crippen LogP contribution in [0, 0.1) is 0 Å². The molecule has 3 rings (SSSR count). The molecule has 0 unspecified atom stereocenters. The Morgan fingerprint density at radius 3 is 2.50 bits per heavy atom. The second kappa shape index (κ2) is 7.80. The van der Waals surface area contributed by atoms with Crippen molar-refractivity contribution in [2.75, 3.05) is 31.1 Å². The lowest BCUT2D eigenvalue weighted by Crippen LogP contribution is -2.44. The van der Waals surface area contributed by atoms with Gasteiger partial charge in [0.25, 0.3) is 0 Å². The topological polar surface area (TPSA) is 68.1 Å². The summed E-state index contributed by atoms with van der Waals surface area (Å²) in [4.78, 5) is 15.7. The van der Waals surface area contributed by atoms with Crippen molar-refractivity contribution < 1.29 is 4.74 Å². The highest BCUT2D eigenvalue weighted by Crippen LogP contribution is 2.25. The zero-order chi connectivity index (χ0) is 14.1. The van der Waals surface area contributed by atoms with Gasteiger partial charge in [-0.2, -0.15) is 9.97 Å². The molecule has 7 nitrogen and oxygen atoms in total. The molecule has 22 heavy (non-hydrogen) atoms. The molecule has 1 saturated heterocycles. The van der Waals surface area contributed by atoms with E-state index in [4.69, 9.17) is 4.74 Å². The zero-order valence-electron chi connectivity index (χ0n) is 12.9. The minimum atomic E-state index is 0. The Hall–Kier alpha value is -1.31. The van der Waals surface area contributed by atoms with Gasteiger partial charge in [0.15, 0.2) is 17.0 Å². The summed E-state index contributed by atoms with van der Waals surface area (Å²) in [5, 5.41) is 3.34. The SMILES string of the molecule is CC(C)Oc1nc(N2CCNCC2)c2ncn(C)c2n1.Cl.Cl. The Morgan fingerprint density at radius 1 is 1.18 bits per heavy atom. The van der Waals surface area contributed by atoms with E-state index in [-0.39, 0.29) is 30.9 Å². The second-order valence-electron chi connectivity index (χ2n) is 5.26. The number of piperazine rings is 1. The molecule has 2 aromatic heterocycles. The summed E-state index contributed by atoms with van der Waals surface area (Å²) in [5.41, 5.74) is 1.65. The van der Waals surface area contributed by atoms with Crippen LogP contribution >= 0.6 is 24.8 Å². The maximum absolute atomic E-state index is 5.67.